The molecule has 0 amide bonds. The Balaban J connectivity index is 1.28. The highest BCUT2D eigenvalue weighted by Crippen LogP contribution is 2.15. The van der Waals surface area contributed by atoms with Crippen molar-refractivity contribution in [2.24, 2.45) is 0 Å². The minimum Gasteiger partial charge on any atom is -0.369 e. The fraction of sp³-hybridized carbons (Fsp3) is 0.286. The van der Waals surface area contributed by atoms with Crippen molar-refractivity contribution in [3.63, 3.8) is 0 Å². The molecule has 2 aromatic carbocycles. The molecule has 0 bridgehead atoms. The minimum absolute atomic E-state index is 0.0849. The maximum absolute atomic E-state index is 12.4. The van der Waals surface area contributed by atoms with E-state index in [1.54, 1.807) is 23.1 Å². The molecular weight excluding hydrogens is 338 g/mol. The summed E-state index contributed by atoms with van der Waals surface area (Å²) in [4.78, 5) is 18.9. The third-order valence-corrected chi connectivity index (χ3v) is 4.91. The highest BCUT2D eigenvalue weighted by atomic mass is 16.1. The van der Waals surface area contributed by atoms with Crippen molar-refractivity contribution in [3.05, 3.63) is 78.1 Å². The number of aromatic nitrogens is 3. The third kappa shape index (κ3) is 4.23. The topological polar surface area (TPSA) is 54.3 Å². The van der Waals surface area contributed by atoms with Crippen molar-refractivity contribution >= 4 is 11.5 Å². The van der Waals surface area contributed by atoms with Crippen LogP contribution >= 0.6 is 0 Å². The maximum Gasteiger partial charge on any atom is 0.214 e. The fourth-order valence-corrected chi connectivity index (χ4v) is 3.35. The Morgan fingerprint density at radius 2 is 1.52 bits per heavy atom. The third-order valence-electron chi connectivity index (χ3n) is 4.91. The van der Waals surface area contributed by atoms with E-state index in [1.807, 2.05) is 24.3 Å². The molecule has 1 saturated heterocycles. The van der Waals surface area contributed by atoms with Crippen molar-refractivity contribution in [1.29, 1.82) is 0 Å². The van der Waals surface area contributed by atoms with E-state index in [2.05, 4.69) is 44.3 Å². The van der Waals surface area contributed by atoms with Crippen LogP contribution in [0.5, 0.6) is 0 Å². The van der Waals surface area contributed by atoms with Crippen molar-refractivity contribution in [3.8, 4) is 0 Å². The van der Waals surface area contributed by atoms with Gasteiger partial charge in [0, 0.05) is 44.0 Å². The van der Waals surface area contributed by atoms with Crippen molar-refractivity contribution in [2.75, 3.05) is 37.6 Å². The van der Waals surface area contributed by atoms with Crippen molar-refractivity contribution in [1.82, 2.24) is 19.9 Å². The van der Waals surface area contributed by atoms with Crippen LogP contribution in [0.25, 0.3) is 0 Å². The number of hydrogen-bond donors (Lipinski definition) is 0. The summed E-state index contributed by atoms with van der Waals surface area (Å²) in [6.45, 7) is 5.66. The molecule has 0 unspecified atom stereocenters. The summed E-state index contributed by atoms with van der Waals surface area (Å²) in [5.41, 5.74) is 2.33. The minimum atomic E-state index is -0.0849. The smallest absolute Gasteiger partial charge is 0.214 e. The molecule has 3 aromatic rings. The van der Waals surface area contributed by atoms with Crippen LogP contribution in [-0.4, -0.2) is 58.4 Å². The Kier molecular flexibility index (Phi) is 5.25. The maximum atomic E-state index is 12.4. The molecule has 0 N–H and O–H groups in total. The molecule has 1 fully saturated rings. The standard InChI is InChI=1S/C21H23N5O/c27-21(18-7-3-1-4-8-18)20-17-22-26(23-20)16-13-24-11-14-25(15-12-24)19-9-5-2-6-10-19/h1-10,17H,11-16H2. The molecule has 6 nitrogen and oxygen atoms in total. The van der Waals surface area contributed by atoms with Gasteiger partial charge in [-0.05, 0) is 12.1 Å². The van der Waals surface area contributed by atoms with E-state index in [0.717, 1.165) is 32.7 Å². The molecule has 0 aliphatic carbocycles. The molecule has 0 atom stereocenters. The molecule has 138 valence electrons. The van der Waals surface area contributed by atoms with E-state index in [4.69, 9.17) is 0 Å². The second kappa shape index (κ2) is 8.14. The van der Waals surface area contributed by atoms with E-state index in [9.17, 15) is 4.79 Å². The summed E-state index contributed by atoms with van der Waals surface area (Å²) in [5, 5.41) is 8.61. The summed E-state index contributed by atoms with van der Waals surface area (Å²) in [5.74, 6) is -0.0849. The number of benzene rings is 2. The van der Waals surface area contributed by atoms with E-state index < -0.39 is 0 Å². The zero-order valence-electron chi connectivity index (χ0n) is 15.2. The van der Waals surface area contributed by atoms with Gasteiger partial charge in [-0.2, -0.15) is 9.90 Å². The first-order valence-corrected chi connectivity index (χ1v) is 9.32. The first-order chi connectivity index (χ1) is 13.3. The Hall–Kier alpha value is -2.99. The summed E-state index contributed by atoms with van der Waals surface area (Å²) in [7, 11) is 0. The first-order valence-electron chi connectivity index (χ1n) is 9.32. The molecule has 2 heterocycles. The molecule has 4 rings (SSSR count). The van der Waals surface area contributed by atoms with Crippen LogP contribution in [0, 0.1) is 0 Å². The zero-order valence-corrected chi connectivity index (χ0v) is 15.2. The SMILES string of the molecule is O=C(c1ccccc1)c1cnn(CCN2CCN(c3ccccc3)CC2)n1. The molecule has 27 heavy (non-hydrogen) atoms. The normalized spacial score (nSPS) is 15.0. The number of piperazine rings is 1. The van der Waals surface area contributed by atoms with E-state index in [0.29, 0.717) is 17.8 Å². The molecular formula is C21H23N5O. The average molecular weight is 361 g/mol. The zero-order chi connectivity index (χ0) is 18.5. The number of nitrogens with zero attached hydrogens (tertiary/aromatic N) is 5. The molecule has 0 saturated carbocycles. The second-order valence-electron chi connectivity index (χ2n) is 6.69. The van der Waals surface area contributed by atoms with Gasteiger partial charge in [-0.1, -0.05) is 48.5 Å². The van der Waals surface area contributed by atoms with Crippen LogP contribution in [0.1, 0.15) is 16.1 Å². The summed E-state index contributed by atoms with van der Waals surface area (Å²) >= 11 is 0. The van der Waals surface area contributed by atoms with Gasteiger partial charge < -0.3 is 4.90 Å². The molecule has 1 aliphatic heterocycles. The summed E-state index contributed by atoms with van der Waals surface area (Å²) in [6.07, 6.45) is 1.56. The number of carbonyl (C=O) groups excluding carboxylic acids is 1. The van der Waals surface area contributed by atoms with Crippen LogP contribution in [0.15, 0.2) is 66.9 Å². The Bertz CT molecular complexity index is 870. The van der Waals surface area contributed by atoms with Gasteiger partial charge in [0.05, 0.1) is 12.7 Å². The van der Waals surface area contributed by atoms with Crippen LogP contribution < -0.4 is 4.90 Å². The number of hydrogen-bond acceptors (Lipinski definition) is 5. The van der Waals surface area contributed by atoms with Gasteiger partial charge in [0.1, 0.15) is 0 Å². The van der Waals surface area contributed by atoms with Gasteiger partial charge in [0.2, 0.25) is 5.78 Å². The van der Waals surface area contributed by atoms with E-state index >= 15 is 0 Å². The van der Waals surface area contributed by atoms with Crippen molar-refractivity contribution in [2.45, 2.75) is 6.54 Å². The van der Waals surface area contributed by atoms with Gasteiger partial charge >= 0.3 is 0 Å². The number of anilines is 1. The lowest BCUT2D eigenvalue weighted by molar-refractivity contribution is 0.103. The molecule has 0 spiro atoms. The quantitative estimate of drug-likeness (QED) is 0.631. The number of carbonyl (C=O) groups is 1. The van der Waals surface area contributed by atoms with Crippen LogP contribution in [0.3, 0.4) is 0 Å². The Labute approximate surface area is 159 Å². The average Bonchev–Trinajstić information content (AvgIpc) is 3.22. The summed E-state index contributed by atoms with van der Waals surface area (Å²) in [6, 6.07) is 19.7. The predicted molar refractivity (Wildman–Crippen MR) is 105 cm³/mol. The molecule has 0 radical (unpaired) electrons. The van der Waals surface area contributed by atoms with Crippen LogP contribution in [-0.2, 0) is 6.54 Å². The second-order valence-corrected chi connectivity index (χ2v) is 6.69. The molecule has 1 aliphatic rings. The highest BCUT2D eigenvalue weighted by molar-refractivity contribution is 6.07. The molecule has 1 aromatic heterocycles. The Morgan fingerprint density at radius 3 is 2.22 bits per heavy atom. The fourth-order valence-electron chi connectivity index (χ4n) is 3.35. The summed E-state index contributed by atoms with van der Waals surface area (Å²) < 4.78 is 0. The van der Waals surface area contributed by atoms with Gasteiger partial charge in [0.25, 0.3) is 0 Å². The lowest BCUT2D eigenvalue weighted by Gasteiger charge is -2.36. The van der Waals surface area contributed by atoms with Gasteiger partial charge in [-0.25, -0.2) is 0 Å². The molecule has 6 heteroatoms. The highest BCUT2D eigenvalue weighted by Gasteiger charge is 2.18. The first kappa shape index (κ1) is 17.4. The van der Waals surface area contributed by atoms with Crippen LogP contribution in [0.2, 0.25) is 0 Å². The van der Waals surface area contributed by atoms with E-state index in [1.165, 1.54) is 5.69 Å². The monoisotopic (exact) mass is 361 g/mol. The largest absolute Gasteiger partial charge is 0.369 e. The lowest BCUT2D eigenvalue weighted by Crippen LogP contribution is -2.47. The van der Waals surface area contributed by atoms with Gasteiger partial charge in [-0.15, -0.1) is 5.10 Å². The van der Waals surface area contributed by atoms with Gasteiger partial charge in [0.15, 0.2) is 5.69 Å². The number of para-hydroxylation sites is 1. The lowest BCUT2D eigenvalue weighted by atomic mass is 10.1. The predicted octanol–water partition coefficient (Wildman–Crippen LogP) is 2.33. The van der Waals surface area contributed by atoms with Gasteiger partial charge in [-0.3, -0.25) is 9.69 Å². The Morgan fingerprint density at radius 1 is 0.852 bits per heavy atom. The van der Waals surface area contributed by atoms with Crippen LogP contribution in [0.4, 0.5) is 5.69 Å². The van der Waals surface area contributed by atoms with E-state index in [-0.39, 0.29) is 5.78 Å². The number of rotatable bonds is 6. The van der Waals surface area contributed by atoms with Crippen molar-refractivity contribution < 1.29 is 4.79 Å². The number of ketones is 1.